The first-order valence-electron chi connectivity index (χ1n) is 6.92. The lowest BCUT2D eigenvalue weighted by Gasteiger charge is -2.23. The first kappa shape index (κ1) is 15.0. The summed E-state index contributed by atoms with van der Waals surface area (Å²) in [6.07, 6.45) is 1.39. The highest BCUT2D eigenvalue weighted by molar-refractivity contribution is 5.99. The van der Waals surface area contributed by atoms with E-state index in [1.54, 1.807) is 19.1 Å². The van der Waals surface area contributed by atoms with Crippen LogP contribution in [0.15, 0.2) is 24.3 Å². The van der Waals surface area contributed by atoms with E-state index in [-0.39, 0.29) is 11.9 Å². The Labute approximate surface area is 122 Å². The van der Waals surface area contributed by atoms with Gasteiger partial charge >= 0.3 is 5.97 Å². The summed E-state index contributed by atoms with van der Waals surface area (Å²) < 4.78 is 5.00. The molecule has 0 radical (unpaired) electrons. The molecule has 0 saturated carbocycles. The zero-order valence-electron chi connectivity index (χ0n) is 11.9. The molecule has 1 atom stereocenters. The van der Waals surface area contributed by atoms with Gasteiger partial charge in [-0.1, -0.05) is 0 Å². The second kappa shape index (κ2) is 6.39. The molecule has 6 heteroatoms. The van der Waals surface area contributed by atoms with Crippen LogP contribution in [0.4, 0.5) is 0 Å². The Morgan fingerprint density at radius 2 is 1.86 bits per heavy atom. The molecule has 0 bridgehead atoms. The van der Waals surface area contributed by atoms with Gasteiger partial charge in [-0.3, -0.25) is 9.59 Å². The monoisotopic (exact) mass is 290 g/mol. The van der Waals surface area contributed by atoms with Crippen molar-refractivity contribution < 1.29 is 19.1 Å². The number of ether oxygens (including phenoxy) is 1. The van der Waals surface area contributed by atoms with Crippen molar-refractivity contribution in [2.45, 2.75) is 25.8 Å². The number of hydrogen-bond acceptors (Lipinski definition) is 4. The number of hydrogen-bond donors (Lipinski definition) is 1. The summed E-state index contributed by atoms with van der Waals surface area (Å²) in [5.41, 5.74) is 5.93. The van der Waals surface area contributed by atoms with E-state index < -0.39 is 11.9 Å². The van der Waals surface area contributed by atoms with Gasteiger partial charge in [0.25, 0.3) is 5.91 Å². The van der Waals surface area contributed by atoms with Crippen molar-refractivity contribution in [3.8, 4) is 0 Å². The zero-order chi connectivity index (χ0) is 15.4. The zero-order valence-corrected chi connectivity index (χ0v) is 11.9. The van der Waals surface area contributed by atoms with Crippen molar-refractivity contribution >= 4 is 17.8 Å². The van der Waals surface area contributed by atoms with Crippen LogP contribution in [0.1, 0.15) is 40.5 Å². The Balaban J connectivity index is 2.14. The number of carbonyl (C=O) groups excluding carboxylic acids is 3. The van der Waals surface area contributed by atoms with Gasteiger partial charge in [0, 0.05) is 17.7 Å². The summed E-state index contributed by atoms with van der Waals surface area (Å²) in [5.74, 6) is -1.14. The summed E-state index contributed by atoms with van der Waals surface area (Å²) in [7, 11) is 0. The van der Waals surface area contributed by atoms with Crippen LogP contribution < -0.4 is 5.73 Å². The molecule has 0 aromatic heterocycles. The van der Waals surface area contributed by atoms with Crippen LogP contribution >= 0.6 is 0 Å². The van der Waals surface area contributed by atoms with Crippen LogP contribution in [0.3, 0.4) is 0 Å². The molecule has 1 unspecified atom stereocenters. The van der Waals surface area contributed by atoms with Gasteiger partial charge in [-0.15, -0.1) is 0 Å². The number of nitrogens with zero attached hydrogens (tertiary/aromatic N) is 1. The summed E-state index contributed by atoms with van der Waals surface area (Å²) in [5, 5.41) is 0. The summed E-state index contributed by atoms with van der Waals surface area (Å²) in [6.45, 7) is 2.56. The predicted octanol–water partition coefficient (Wildman–Crippen LogP) is 0.953. The van der Waals surface area contributed by atoms with Crippen molar-refractivity contribution in [3.63, 3.8) is 0 Å². The van der Waals surface area contributed by atoms with E-state index >= 15 is 0 Å². The van der Waals surface area contributed by atoms with Crippen LogP contribution in [0.5, 0.6) is 0 Å². The first-order valence-corrected chi connectivity index (χ1v) is 6.92. The van der Waals surface area contributed by atoms with Crippen molar-refractivity contribution in [3.05, 3.63) is 35.4 Å². The standard InChI is InChI=1S/C15H18N2O4/c1-2-21-15(20)12-4-3-9-17(12)14(19)11-7-5-10(6-8-11)13(16)18/h5-8,12H,2-4,9H2,1H3,(H2,16,18). The van der Waals surface area contributed by atoms with E-state index in [4.69, 9.17) is 10.5 Å². The fourth-order valence-corrected chi connectivity index (χ4v) is 2.44. The number of primary amides is 1. The average Bonchev–Trinajstić information content (AvgIpc) is 2.96. The maximum absolute atomic E-state index is 12.4. The SMILES string of the molecule is CCOC(=O)C1CCCN1C(=O)c1ccc(C(N)=O)cc1. The first-order chi connectivity index (χ1) is 10.0. The number of benzene rings is 1. The van der Waals surface area contributed by atoms with Crippen LogP contribution in [0, 0.1) is 0 Å². The second-order valence-corrected chi connectivity index (χ2v) is 4.85. The van der Waals surface area contributed by atoms with Gasteiger partial charge in [0.05, 0.1) is 6.61 Å². The number of likely N-dealkylation sites (tertiary alicyclic amines) is 1. The lowest BCUT2D eigenvalue weighted by Crippen LogP contribution is -2.41. The number of amides is 2. The quantitative estimate of drug-likeness (QED) is 0.836. The van der Waals surface area contributed by atoms with Gasteiger partial charge in [0.2, 0.25) is 5.91 Å². The molecule has 21 heavy (non-hydrogen) atoms. The van der Waals surface area contributed by atoms with E-state index in [2.05, 4.69) is 0 Å². The van der Waals surface area contributed by atoms with E-state index in [0.717, 1.165) is 6.42 Å². The molecular formula is C15H18N2O4. The third-order valence-corrected chi connectivity index (χ3v) is 3.49. The predicted molar refractivity (Wildman–Crippen MR) is 75.7 cm³/mol. The largest absolute Gasteiger partial charge is 0.464 e. The number of rotatable bonds is 4. The van der Waals surface area contributed by atoms with Crippen LogP contribution in [0.25, 0.3) is 0 Å². The molecule has 0 aliphatic carbocycles. The van der Waals surface area contributed by atoms with Crippen molar-refractivity contribution in [2.24, 2.45) is 5.73 Å². The lowest BCUT2D eigenvalue weighted by atomic mass is 10.1. The van der Waals surface area contributed by atoms with Gasteiger partial charge in [-0.2, -0.15) is 0 Å². The fraction of sp³-hybridized carbons (Fsp3) is 0.400. The molecule has 1 saturated heterocycles. The van der Waals surface area contributed by atoms with E-state index in [0.29, 0.717) is 30.7 Å². The number of carbonyl (C=O) groups is 3. The molecule has 1 aliphatic rings. The Morgan fingerprint density at radius 3 is 2.43 bits per heavy atom. The van der Waals surface area contributed by atoms with Crippen molar-refractivity contribution in [2.75, 3.05) is 13.2 Å². The fourth-order valence-electron chi connectivity index (χ4n) is 2.44. The highest BCUT2D eigenvalue weighted by Crippen LogP contribution is 2.21. The Morgan fingerprint density at radius 1 is 1.24 bits per heavy atom. The molecule has 2 rings (SSSR count). The normalized spacial score (nSPS) is 17.6. The van der Waals surface area contributed by atoms with Gasteiger partial charge in [-0.05, 0) is 44.0 Å². The third-order valence-electron chi connectivity index (χ3n) is 3.49. The number of nitrogens with two attached hydrogens (primary N) is 1. The Bertz CT molecular complexity index is 553. The molecule has 2 amide bonds. The van der Waals surface area contributed by atoms with Gasteiger partial charge < -0.3 is 15.4 Å². The molecule has 1 aromatic rings. The minimum atomic E-state index is -0.542. The lowest BCUT2D eigenvalue weighted by molar-refractivity contribution is -0.147. The molecule has 0 spiro atoms. The van der Waals surface area contributed by atoms with Gasteiger partial charge in [0.1, 0.15) is 6.04 Å². The van der Waals surface area contributed by atoms with Crippen molar-refractivity contribution in [1.82, 2.24) is 4.90 Å². The minimum absolute atomic E-state index is 0.235. The van der Waals surface area contributed by atoms with Gasteiger partial charge in [0.15, 0.2) is 0 Å². The number of esters is 1. The van der Waals surface area contributed by atoms with Gasteiger partial charge in [-0.25, -0.2) is 4.79 Å². The molecule has 1 fully saturated rings. The third kappa shape index (κ3) is 3.21. The van der Waals surface area contributed by atoms with Crippen LogP contribution in [-0.4, -0.2) is 41.9 Å². The average molecular weight is 290 g/mol. The Kier molecular flexibility index (Phi) is 4.57. The maximum atomic E-state index is 12.4. The smallest absolute Gasteiger partial charge is 0.328 e. The molecule has 1 heterocycles. The molecule has 2 N–H and O–H groups in total. The van der Waals surface area contributed by atoms with Crippen molar-refractivity contribution in [1.29, 1.82) is 0 Å². The Hall–Kier alpha value is -2.37. The minimum Gasteiger partial charge on any atom is -0.464 e. The van der Waals surface area contributed by atoms with E-state index in [1.165, 1.54) is 17.0 Å². The summed E-state index contributed by atoms with van der Waals surface area (Å²) in [4.78, 5) is 36.8. The highest BCUT2D eigenvalue weighted by Gasteiger charge is 2.35. The highest BCUT2D eigenvalue weighted by atomic mass is 16.5. The maximum Gasteiger partial charge on any atom is 0.328 e. The van der Waals surface area contributed by atoms with Crippen LogP contribution in [0.2, 0.25) is 0 Å². The topological polar surface area (TPSA) is 89.7 Å². The molecular weight excluding hydrogens is 272 g/mol. The molecule has 1 aliphatic heterocycles. The molecule has 1 aromatic carbocycles. The van der Waals surface area contributed by atoms with E-state index in [9.17, 15) is 14.4 Å². The second-order valence-electron chi connectivity index (χ2n) is 4.85. The summed E-state index contributed by atoms with van der Waals surface area (Å²) >= 11 is 0. The summed E-state index contributed by atoms with van der Waals surface area (Å²) in [6, 6.07) is 5.58. The van der Waals surface area contributed by atoms with E-state index in [1.807, 2.05) is 0 Å². The molecule has 112 valence electrons. The molecule has 6 nitrogen and oxygen atoms in total. The van der Waals surface area contributed by atoms with Crippen LogP contribution in [-0.2, 0) is 9.53 Å².